The molecule has 0 aliphatic carbocycles. The fourth-order valence-corrected chi connectivity index (χ4v) is 5.31. The van der Waals surface area contributed by atoms with Crippen molar-refractivity contribution in [1.82, 2.24) is 5.32 Å². The summed E-state index contributed by atoms with van der Waals surface area (Å²) in [6.45, 7) is 4.96. The molecule has 0 atom stereocenters. The van der Waals surface area contributed by atoms with Crippen LogP contribution in [-0.4, -0.2) is 40.6 Å². The number of hydrogen-bond acceptors (Lipinski definition) is 5. The zero-order valence-corrected chi connectivity index (χ0v) is 22.8. The Hall–Kier alpha value is -3.04. The standard InChI is InChI=1S/C27H31BrN2O5S/c1-3-34-24-15-13-23(14-16-24)30(36(32,33)25-17-11-22(28)12-18-25)20-27(31)29-19-7-9-21-8-5-6-10-26(21)35-4-2/h5-6,8,10-18H,3-4,7,9,19-20H2,1-2H3,(H,29,31). The Morgan fingerprint density at radius 1 is 0.917 bits per heavy atom. The van der Waals surface area contributed by atoms with E-state index in [1.54, 1.807) is 36.4 Å². The van der Waals surface area contributed by atoms with Crippen molar-refractivity contribution < 1.29 is 22.7 Å². The predicted molar refractivity (Wildman–Crippen MR) is 145 cm³/mol. The molecule has 192 valence electrons. The maximum absolute atomic E-state index is 13.5. The van der Waals surface area contributed by atoms with Crippen LogP contribution in [-0.2, 0) is 21.2 Å². The minimum absolute atomic E-state index is 0.0971. The molecule has 0 spiro atoms. The van der Waals surface area contributed by atoms with Gasteiger partial charge in [-0.3, -0.25) is 9.10 Å². The number of halogens is 1. The first-order chi connectivity index (χ1) is 17.3. The highest BCUT2D eigenvalue weighted by molar-refractivity contribution is 9.10. The predicted octanol–water partition coefficient (Wildman–Crippen LogP) is 5.19. The fourth-order valence-electron chi connectivity index (χ4n) is 3.62. The molecule has 1 N–H and O–H groups in total. The van der Waals surface area contributed by atoms with Crippen LogP contribution in [0.1, 0.15) is 25.8 Å². The van der Waals surface area contributed by atoms with E-state index in [1.807, 2.05) is 38.1 Å². The average molecular weight is 576 g/mol. The van der Waals surface area contributed by atoms with Gasteiger partial charge in [0.15, 0.2) is 0 Å². The number of hydrogen-bond donors (Lipinski definition) is 1. The van der Waals surface area contributed by atoms with Crippen LogP contribution in [0, 0.1) is 0 Å². The van der Waals surface area contributed by atoms with Crippen molar-refractivity contribution in [2.45, 2.75) is 31.6 Å². The van der Waals surface area contributed by atoms with Crippen molar-refractivity contribution in [3.63, 3.8) is 0 Å². The minimum Gasteiger partial charge on any atom is -0.494 e. The summed E-state index contributed by atoms with van der Waals surface area (Å²) in [4.78, 5) is 12.9. The quantitative estimate of drug-likeness (QED) is 0.284. The molecule has 0 saturated heterocycles. The van der Waals surface area contributed by atoms with Crippen molar-refractivity contribution >= 4 is 37.5 Å². The minimum atomic E-state index is -3.98. The van der Waals surface area contributed by atoms with Crippen LogP contribution in [0.2, 0.25) is 0 Å². The number of rotatable bonds is 13. The normalized spacial score (nSPS) is 11.1. The average Bonchev–Trinajstić information content (AvgIpc) is 2.87. The highest BCUT2D eigenvalue weighted by Crippen LogP contribution is 2.27. The molecule has 3 aromatic rings. The van der Waals surface area contributed by atoms with Gasteiger partial charge >= 0.3 is 0 Å². The van der Waals surface area contributed by atoms with Crippen molar-refractivity contribution in [2.75, 3.05) is 30.6 Å². The van der Waals surface area contributed by atoms with Gasteiger partial charge in [0.2, 0.25) is 5.91 Å². The third kappa shape index (κ3) is 7.48. The van der Waals surface area contributed by atoms with Crippen LogP contribution in [0.15, 0.2) is 82.2 Å². The molecule has 0 bridgehead atoms. The number of carbonyl (C=O) groups excluding carboxylic acids is 1. The Kier molecular flexibility index (Phi) is 10.2. The Bertz CT molecular complexity index is 1230. The molecule has 3 aromatic carbocycles. The Morgan fingerprint density at radius 3 is 2.25 bits per heavy atom. The number of nitrogens with zero attached hydrogens (tertiary/aromatic N) is 1. The largest absolute Gasteiger partial charge is 0.494 e. The summed E-state index contributed by atoms with van der Waals surface area (Å²) in [7, 11) is -3.98. The first kappa shape index (κ1) is 27.5. The van der Waals surface area contributed by atoms with Crippen molar-refractivity contribution in [3.05, 3.63) is 82.8 Å². The summed E-state index contributed by atoms with van der Waals surface area (Å²) in [6.07, 6.45) is 1.43. The maximum atomic E-state index is 13.5. The monoisotopic (exact) mass is 574 g/mol. The van der Waals surface area contributed by atoms with Crippen LogP contribution in [0.4, 0.5) is 5.69 Å². The van der Waals surface area contributed by atoms with Gasteiger partial charge in [0.25, 0.3) is 10.0 Å². The van der Waals surface area contributed by atoms with Crippen LogP contribution < -0.4 is 19.1 Å². The summed E-state index contributed by atoms with van der Waals surface area (Å²) in [5.74, 6) is 1.08. The molecule has 0 unspecified atom stereocenters. The number of benzene rings is 3. The molecular weight excluding hydrogens is 544 g/mol. The molecule has 0 aliphatic heterocycles. The number of anilines is 1. The molecule has 9 heteroatoms. The summed E-state index contributed by atoms with van der Waals surface area (Å²) >= 11 is 3.33. The van der Waals surface area contributed by atoms with Gasteiger partial charge < -0.3 is 14.8 Å². The van der Waals surface area contributed by atoms with E-state index in [4.69, 9.17) is 9.47 Å². The van der Waals surface area contributed by atoms with Gasteiger partial charge in [-0.15, -0.1) is 0 Å². The van der Waals surface area contributed by atoms with Gasteiger partial charge in [-0.1, -0.05) is 34.1 Å². The Morgan fingerprint density at radius 2 is 1.58 bits per heavy atom. The van der Waals surface area contributed by atoms with E-state index >= 15 is 0 Å². The molecule has 0 aliphatic rings. The van der Waals surface area contributed by atoms with Crippen molar-refractivity contribution in [3.8, 4) is 11.5 Å². The van der Waals surface area contributed by atoms with E-state index in [2.05, 4.69) is 21.2 Å². The fraction of sp³-hybridized carbons (Fsp3) is 0.296. The number of sulfonamides is 1. The van der Waals surface area contributed by atoms with Crippen LogP contribution >= 0.6 is 15.9 Å². The third-order valence-corrected chi connectivity index (χ3v) is 7.66. The van der Waals surface area contributed by atoms with Gasteiger partial charge in [-0.25, -0.2) is 8.42 Å². The zero-order valence-electron chi connectivity index (χ0n) is 20.4. The second kappa shape index (κ2) is 13.3. The number of ether oxygens (including phenoxy) is 2. The number of nitrogens with one attached hydrogen (secondary N) is 1. The van der Waals surface area contributed by atoms with Crippen molar-refractivity contribution in [1.29, 1.82) is 0 Å². The topological polar surface area (TPSA) is 84.9 Å². The van der Waals surface area contributed by atoms with Crippen LogP contribution in [0.25, 0.3) is 0 Å². The van der Waals surface area contributed by atoms with Gasteiger partial charge in [0, 0.05) is 11.0 Å². The number of para-hydroxylation sites is 1. The summed E-state index contributed by atoms with van der Waals surface area (Å²) in [5.41, 5.74) is 1.45. The van der Waals surface area contributed by atoms with Crippen LogP contribution in [0.3, 0.4) is 0 Å². The Balaban J connectivity index is 1.71. The SMILES string of the molecule is CCOc1ccc(N(CC(=O)NCCCc2ccccc2OCC)S(=O)(=O)c2ccc(Br)cc2)cc1. The lowest BCUT2D eigenvalue weighted by Gasteiger charge is -2.24. The first-order valence-electron chi connectivity index (χ1n) is 11.8. The van der Waals surface area contributed by atoms with Gasteiger partial charge in [-0.05, 0) is 86.8 Å². The lowest BCUT2D eigenvalue weighted by Crippen LogP contribution is -2.41. The maximum Gasteiger partial charge on any atom is 0.264 e. The molecule has 0 radical (unpaired) electrons. The smallest absolute Gasteiger partial charge is 0.264 e. The van der Waals surface area contributed by atoms with Gasteiger partial charge in [0.05, 0.1) is 23.8 Å². The zero-order chi connectivity index (χ0) is 26.0. The van der Waals surface area contributed by atoms with E-state index in [0.29, 0.717) is 37.6 Å². The molecule has 3 rings (SSSR count). The van der Waals surface area contributed by atoms with E-state index in [9.17, 15) is 13.2 Å². The number of amides is 1. The van der Waals surface area contributed by atoms with Gasteiger partial charge in [0.1, 0.15) is 18.0 Å². The van der Waals surface area contributed by atoms with Crippen molar-refractivity contribution in [2.24, 2.45) is 0 Å². The molecule has 36 heavy (non-hydrogen) atoms. The first-order valence-corrected chi connectivity index (χ1v) is 14.1. The highest BCUT2D eigenvalue weighted by Gasteiger charge is 2.27. The number of carbonyl (C=O) groups is 1. The van der Waals surface area contributed by atoms with E-state index in [-0.39, 0.29) is 17.3 Å². The highest BCUT2D eigenvalue weighted by atomic mass is 79.9. The molecule has 1 amide bonds. The second-order valence-electron chi connectivity index (χ2n) is 7.89. The van der Waals surface area contributed by atoms with E-state index in [0.717, 1.165) is 26.5 Å². The van der Waals surface area contributed by atoms with Gasteiger partial charge in [-0.2, -0.15) is 0 Å². The lowest BCUT2D eigenvalue weighted by atomic mass is 10.1. The molecule has 0 saturated carbocycles. The molecule has 7 nitrogen and oxygen atoms in total. The molecule has 0 fully saturated rings. The summed E-state index contributed by atoms with van der Waals surface area (Å²) in [6, 6.07) is 20.8. The molecule has 0 heterocycles. The Labute approximate surface area is 221 Å². The molecule has 0 aromatic heterocycles. The summed E-state index contributed by atoms with van der Waals surface area (Å²) in [5, 5.41) is 2.85. The van der Waals surface area contributed by atoms with Crippen LogP contribution in [0.5, 0.6) is 11.5 Å². The third-order valence-electron chi connectivity index (χ3n) is 5.34. The van der Waals surface area contributed by atoms with E-state index in [1.165, 1.54) is 12.1 Å². The second-order valence-corrected chi connectivity index (χ2v) is 10.7. The van der Waals surface area contributed by atoms with E-state index < -0.39 is 10.0 Å². The number of aryl methyl sites for hydroxylation is 1. The molecular formula is C27H31BrN2O5S. The summed E-state index contributed by atoms with van der Waals surface area (Å²) < 4.78 is 40.0. The lowest BCUT2D eigenvalue weighted by molar-refractivity contribution is -0.119.